The third-order valence-electron chi connectivity index (χ3n) is 3.70. The number of amides is 2. The van der Waals surface area contributed by atoms with Gasteiger partial charge in [-0.25, -0.2) is 0 Å². The summed E-state index contributed by atoms with van der Waals surface area (Å²) in [5.41, 5.74) is 2.75. The van der Waals surface area contributed by atoms with Crippen LogP contribution in [0.5, 0.6) is 0 Å². The Morgan fingerprint density at radius 1 is 1.00 bits per heavy atom. The minimum absolute atomic E-state index is 0. The largest absolute Gasteiger partial charge is 0.376 e. The molecule has 5 nitrogen and oxygen atoms in total. The number of hydrogen-bond acceptors (Lipinski definition) is 3. The maximum absolute atomic E-state index is 12.1. The number of nitrogens with zero attached hydrogens (tertiary/aromatic N) is 1. The molecule has 2 amide bonds. The topological polar surface area (TPSA) is 61.4 Å². The van der Waals surface area contributed by atoms with E-state index in [0.29, 0.717) is 0 Å². The molecule has 0 spiro atoms. The summed E-state index contributed by atoms with van der Waals surface area (Å²) in [5, 5.41) is 5.91. The van der Waals surface area contributed by atoms with E-state index in [4.69, 9.17) is 0 Å². The quantitative estimate of drug-likeness (QED) is 0.796. The normalized spacial score (nSPS) is 9.68. The number of nitrogens with one attached hydrogen (secondary N) is 2. The molecule has 0 unspecified atom stereocenters. The minimum atomic E-state index is -0.202. The van der Waals surface area contributed by atoms with E-state index in [2.05, 4.69) is 10.6 Å². The van der Waals surface area contributed by atoms with Crippen LogP contribution in [0.2, 0.25) is 0 Å². The van der Waals surface area contributed by atoms with Crippen LogP contribution in [-0.4, -0.2) is 36.9 Å². The number of aryl methyl sites for hydroxylation is 1. The molecule has 0 aliphatic heterocycles. The molecule has 25 heavy (non-hydrogen) atoms. The van der Waals surface area contributed by atoms with Crippen molar-refractivity contribution < 1.29 is 9.59 Å². The Morgan fingerprint density at radius 2 is 1.64 bits per heavy atom. The molecule has 0 aliphatic carbocycles. The van der Waals surface area contributed by atoms with Crippen LogP contribution in [-0.2, 0) is 16.0 Å². The van der Waals surface area contributed by atoms with Crippen molar-refractivity contribution in [3.05, 3.63) is 60.2 Å². The zero-order valence-electron chi connectivity index (χ0n) is 14.5. The molecule has 0 bridgehead atoms. The van der Waals surface area contributed by atoms with E-state index < -0.39 is 0 Å². The Labute approximate surface area is 154 Å². The van der Waals surface area contributed by atoms with Crippen LogP contribution in [0, 0.1) is 0 Å². The van der Waals surface area contributed by atoms with E-state index in [9.17, 15) is 9.59 Å². The van der Waals surface area contributed by atoms with Gasteiger partial charge in [-0.3, -0.25) is 9.59 Å². The van der Waals surface area contributed by atoms with Gasteiger partial charge in [0.1, 0.15) is 0 Å². The molecule has 0 atom stereocenters. The van der Waals surface area contributed by atoms with Crippen molar-refractivity contribution in [2.24, 2.45) is 0 Å². The van der Waals surface area contributed by atoms with Crippen molar-refractivity contribution in [1.82, 2.24) is 4.90 Å². The smallest absolute Gasteiger partial charge is 0.243 e. The second-order valence-electron chi connectivity index (χ2n) is 5.53. The average Bonchev–Trinajstić information content (AvgIpc) is 2.60. The highest BCUT2D eigenvalue weighted by molar-refractivity contribution is 5.95. The zero-order valence-corrected chi connectivity index (χ0v) is 15.3. The minimum Gasteiger partial charge on any atom is -0.376 e. The van der Waals surface area contributed by atoms with Crippen LogP contribution in [0.15, 0.2) is 54.6 Å². The van der Waals surface area contributed by atoms with E-state index in [1.54, 1.807) is 7.05 Å². The highest BCUT2D eigenvalue weighted by Crippen LogP contribution is 2.15. The van der Waals surface area contributed by atoms with Crippen molar-refractivity contribution in [3.8, 4) is 0 Å². The number of anilines is 2. The van der Waals surface area contributed by atoms with Gasteiger partial charge in [0.25, 0.3) is 0 Å². The van der Waals surface area contributed by atoms with Crippen LogP contribution in [0.4, 0.5) is 11.4 Å². The van der Waals surface area contributed by atoms with Gasteiger partial charge in [-0.05, 0) is 30.2 Å². The van der Waals surface area contributed by atoms with Gasteiger partial charge >= 0.3 is 0 Å². The number of carbonyl (C=O) groups is 2. The van der Waals surface area contributed by atoms with Crippen LogP contribution in [0.25, 0.3) is 0 Å². The van der Waals surface area contributed by atoms with Crippen LogP contribution < -0.4 is 10.6 Å². The molecule has 134 valence electrons. The zero-order chi connectivity index (χ0) is 17.4. The molecule has 2 aromatic rings. The number of carbonyl (C=O) groups excluding carboxylic acids is 2. The monoisotopic (exact) mass is 361 g/mol. The van der Waals surface area contributed by atoms with Crippen LogP contribution >= 0.6 is 12.4 Å². The molecule has 0 saturated carbocycles. The fourth-order valence-corrected chi connectivity index (χ4v) is 2.31. The average molecular weight is 362 g/mol. The van der Waals surface area contributed by atoms with E-state index in [0.717, 1.165) is 23.4 Å². The van der Waals surface area contributed by atoms with Gasteiger partial charge in [0.2, 0.25) is 11.8 Å². The van der Waals surface area contributed by atoms with Crippen molar-refractivity contribution in [2.45, 2.75) is 13.3 Å². The second kappa shape index (κ2) is 10.4. The molecule has 0 aliphatic rings. The Balaban J connectivity index is 0.00000312. The van der Waals surface area contributed by atoms with Gasteiger partial charge in [0, 0.05) is 18.4 Å². The molecule has 2 N–H and O–H groups in total. The van der Waals surface area contributed by atoms with Gasteiger partial charge in [-0.1, -0.05) is 43.3 Å². The summed E-state index contributed by atoms with van der Waals surface area (Å²) < 4.78 is 0. The summed E-state index contributed by atoms with van der Waals surface area (Å²) in [6, 6.07) is 17.2. The molecule has 0 radical (unpaired) electrons. The fraction of sp³-hybridized carbons (Fsp3) is 0.263. The molecular formula is C19H24ClN3O2. The first-order valence-corrected chi connectivity index (χ1v) is 8.00. The maximum atomic E-state index is 12.1. The van der Waals surface area contributed by atoms with Crippen LogP contribution in [0.3, 0.4) is 0 Å². The first-order chi connectivity index (χ1) is 11.6. The number of hydrogen-bond donors (Lipinski definition) is 2. The Kier molecular flexibility index (Phi) is 8.50. The van der Waals surface area contributed by atoms with Gasteiger partial charge in [-0.2, -0.15) is 0 Å². The number of rotatable bonds is 7. The molecule has 2 rings (SSSR count). The lowest BCUT2D eigenvalue weighted by Gasteiger charge is -2.18. The molecule has 0 heterocycles. The first-order valence-electron chi connectivity index (χ1n) is 8.00. The van der Waals surface area contributed by atoms with Gasteiger partial charge in [-0.15, -0.1) is 12.4 Å². The van der Waals surface area contributed by atoms with Crippen molar-refractivity contribution >= 4 is 35.6 Å². The Hall–Kier alpha value is -2.53. The molecule has 2 aromatic carbocycles. The summed E-state index contributed by atoms with van der Waals surface area (Å²) in [5.74, 6) is -0.343. The van der Waals surface area contributed by atoms with E-state index >= 15 is 0 Å². The Bertz CT molecular complexity index is 692. The number of likely N-dealkylation sites (N-methyl/N-ethyl adjacent to an activating group) is 1. The standard InChI is InChI=1S/C19H23N3O2.ClH/c1-3-15-9-7-8-12-17(15)21-18(23)14-22(2)19(24)13-20-16-10-5-4-6-11-16;/h4-12,20H,3,13-14H2,1-2H3,(H,21,23);1H. The van der Waals surface area contributed by atoms with Gasteiger partial charge in [0.05, 0.1) is 13.1 Å². The fourth-order valence-electron chi connectivity index (χ4n) is 2.31. The molecular weight excluding hydrogens is 338 g/mol. The SMILES string of the molecule is CCc1ccccc1NC(=O)CN(C)C(=O)CNc1ccccc1.Cl. The summed E-state index contributed by atoms with van der Waals surface area (Å²) >= 11 is 0. The van der Waals surface area contributed by atoms with E-state index in [-0.39, 0.29) is 37.3 Å². The Morgan fingerprint density at radius 3 is 2.32 bits per heavy atom. The first kappa shape index (κ1) is 20.5. The number of benzene rings is 2. The van der Waals surface area contributed by atoms with E-state index in [1.165, 1.54) is 4.90 Å². The van der Waals surface area contributed by atoms with Crippen molar-refractivity contribution in [1.29, 1.82) is 0 Å². The molecule has 0 fully saturated rings. The molecule has 0 saturated heterocycles. The highest BCUT2D eigenvalue weighted by atomic mass is 35.5. The third kappa shape index (κ3) is 6.47. The summed E-state index contributed by atoms with van der Waals surface area (Å²) in [7, 11) is 1.63. The predicted molar refractivity (Wildman–Crippen MR) is 104 cm³/mol. The highest BCUT2D eigenvalue weighted by Gasteiger charge is 2.13. The van der Waals surface area contributed by atoms with Crippen LogP contribution in [0.1, 0.15) is 12.5 Å². The lowest BCUT2D eigenvalue weighted by atomic mass is 10.1. The van der Waals surface area contributed by atoms with Crippen molar-refractivity contribution in [2.75, 3.05) is 30.8 Å². The maximum Gasteiger partial charge on any atom is 0.243 e. The summed E-state index contributed by atoms with van der Waals surface area (Å²) in [6.45, 7) is 2.21. The van der Waals surface area contributed by atoms with Gasteiger partial charge in [0.15, 0.2) is 0 Å². The second-order valence-corrected chi connectivity index (χ2v) is 5.53. The number of halogens is 1. The van der Waals surface area contributed by atoms with Gasteiger partial charge < -0.3 is 15.5 Å². The predicted octanol–water partition coefficient (Wildman–Crippen LogP) is 3.18. The molecule has 0 aromatic heterocycles. The number of para-hydroxylation sites is 2. The summed E-state index contributed by atoms with van der Waals surface area (Å²) in [4.78, 5) is 25.7. The van der Waals surface area contributed by atoms with E-state index in [1.807, 2.05) is 61.5 Å². The third-order valence-corrected chi connectivity index (χ3v) is 3.70. The van der Waals surface area contributed by atoms with Crippen molar-refractivity contribution in [3.63, 3.8) is 0 Å². The molecule has 6 heteroatoms. The lowest BCUT2D eigenvalue weighted by Crippen LogP contribution is -2.38. The summed E-state index contributed by atoms with van der Waals surface area (Å²) in [6.07, 6.45) is 0.840. The lowest BCUT2D eigenvalue weighted by molar-refractivity contribution is -0.131.